The molecule has 2 rings (SSSR count). The monoisotopic (exact) mass is 230 g/mol. The topological polar surface area (TPSA) is 28.7 Å². The highest BCUT2D eigenvalue weighted by Gasteiger charge is 2.09. The van der Waals surface area contributed by atoms with Crippen molar-refractivity contribution < 1.29 is 4.39 Å². The third kappa shape index (κ3) is 1.61. The summed E-state index contributed by atoms with van der Waals surface area (Å²) in [6.07, 6.45) is 1.47. The minimum absolute atomic E-state index is 0.302. The molecule has 0 unspecified atom stereocenters. The predicted octanol–water partition coefficient (Wildman–Crippen LogP) is 3.52. The maximum atomic E-state index is 12.7. The highest BCUT2D eigenvalue weighted by molar-refractivity contribution is 6.36. The molecule has 0 bridgehead atoms. The Kier molecular flexibility index (Phi) is 2.44. The molecule has 0 aliphatic rings. The van der Waals surface area contributed by atoms with Crippen molar-refractivity contribution in [2.45, 2.75) is 0 Å². The Labute approximate surface area is 89.7 Å². The molecule has 1 aromatic heterocycles. The smallest absolute Gasteiger partial charge is 0.124 e. The van der Waals surface area contributed by atoms with E-state index in [-0.39, 0.29) is 5.82 Å². The maximum Gasteiger partial charge on any atom is 0.124 e. The van der Waals surface area contributed by atoms with Gasteiger partial charge < -0.3 is 0 Å². The van der Waals surface area contributed by atoms with Crippen molar-refractivity contribution in [2.24, 2.45) is 0 Å². The molecule has 1 N–H and O–H groups in total. The van der Waals surface area contributed by atoms with Crippen LogP contribution in [0.1, 0.15) is 0 Å². The van der Waals surface area contributed by atoms with Crippen LogP contribution >= 0.6 is 23.2 Å². The summed E-state index contributed by atoms with van der Waals surface area (Å²) in [6.45, 7) is 0. The van der Waals surface area contributed by atoms with E-state index in [1.54, 1.807) is 6.07 Å². The number of hydrogen-bond acceptors (Lipinski definition) is 1. The SMILES string of the molecule is Fc1ccc(-c2[nH]ncc2Cl)c(Cl)c1. The van der Waals surface area contributed by atoms with Gasteiger partial charge in [-0.3, -0.25) is 5.10 Å². The Bertz CT molecular complexity index is 468. The van der Waals surface area contributed by atoms with Gasteiger partial charge in [0.25, 0.3) is 0 Å². The van der Waals surface area contributed by atoms with E-state index in [1.807, 2.05) is 0 Å². The van der Waals surface area contributed by atoms with Crippen LogP contribution in [-0.4, -0.2) is 10.2 Å². The molecule has 0 aliphatic heterocycles. The molecule has 1 aromatic carbocycles. The Balaban J connectivity index is 2.58. The van der Waals surface area contributed by atoms with Gasteiger partial charge in [0.05, 0.1) is 21.9 Å². The fourth-order valence-electron chi connectivity index (χ4n) is 1.15. The molecule has 2 aromatic rings. The van der Waals surface area contributed by atoms with E-state index in [9.17, 15) is 4.39 Å². The van der Waals surface area contributed by atoms with E-state index in [0.717, 1.165) is 0 Å². The number of rotatable bonds is 1. The number of aromatic nitrogens is 2. The quantitative estimate of drug-likeness (QED) is 0.798. The number of H-pyrrole nitrogens is 1. The fourth-order valence-corrected chi connectivity index (χ4v) is 1.61. The fraction of sp³-hybridized carbons (Fsp3) is 0. The Hall–Kier alpha value is -1.06. The second-order valence-electron chi connectivity index (χ2n) is 2.72. The van der Waals surface area contributed by atoms with Crippen LogP contribution in [0.3, 0.4) is 0 Å². The lowest BCUT2D eigenvalue weighted by Gasteiger charge is -2.01. The summed E-state index contributed by atoms with van der Waals surface area (Å²) < 4.78 is 12.7. The maximum absolute atomic E-state index is 12.7. The molecular formula is C9H5Cl2FN2. The summed E-state index contributed by atoms with van der Waals surface area (Å²) in [5.74, 6) is -0.380. The van der Waals surface area contributed by atoms with Crippen molar-refractivity contribution in [1.82, 2.24) is 10.2 Å². The molecule has 0 amide bonds. The summed E-state index contributed by atoms with van der Waals surface area (Å²) in [5, 5.41) is 7.20. The molecule has 0 saturated heterocycles. The van der Waals surface area contributed by atoms with Gasteiger partial charge in [0.2, 0.25) is 0 Å². The Morgan fingerprint density at radius 2 is 2.00 bits per heavy atom. The van der Waals surface area contributed by atoms with E-state index in [4.69, 9.17) is 23.2 Å². The second kappa shape index (κ2) is 3.59. The summed E-state index contributed by atoms with van der Waals surface area (Å²) >= 11 is 11.7. The Morgan fingerprint density at radius 1 is 1.21 bits per heavy atom. The first kappa shape index (κ1) is 9.49. The van der Waals surface area contributed by atoms with Gasteiger partial charge in [-0.2, -0.15) is 5.10 Å². The number of benzene rings is 1. The minimum Gasteiger partial charge on any atom is -0.276 e. The van der Waals surface area contributed by atoms with E-state index in [0.29, 0.717) is 21.3 Å². The lowest BCUT2D eigenvalue weighted by Crippen LogP contribution is -1.82. The average Bonchev–Trinajstić information content (AvgIpc) is 2.52. The molecular weight excluding hydrogens is 226 g/mol. The van der Waals surface area contributed by atoms with Gasteiger partial charge in [0.1, 0.15) is 5.82 Å². The molecule has 0 atom stereocenters. The van der Waals surface area contributed by atoms with Gasteiger partial charge in [-0.25, -0.2) is 4.39 Å². The lowest BCUT2D eigenvalue weighted by molar-refractivity contribution is 0.628. The van der Waals surface area contributed by atoms with Crippen molar-refractivity contribution in [2.75, 3.05) is 0 Å². The molecule has 14 heavy (non-hydrogen) atoms. The largest absolute Gasteiger partial charge is 0.276 e. The molecule has 0 radical (unpaired) electrons. The number of nitrogens with one attached hydrogen (secondary N) is 1. The number of nitrogens with zero attached hydrogens (tertiary/aromatic N) is 1. The first-order valence-electron chi connectivity index (χ1n) is 3.83. The third-order valence-corrected chi connectivity index (χ3v) is 2.39. The van der Waals surface area contributed by atoms with Crippen molar-refractivity contribution in [3.8, 4) is 11.3 Å². The van der Waals surface area contributed by atoms with Crippen LogP contribution in [0, 0.1) is 5.82 Å². The standard InChI is InChI=1S/C9H5Cl2FN2/c10-7-3-5(12)1-2-6(7)9-8(11)4-13-14-9/h1-4H,(H,13,14). The third-order valence-electron chi connectivity index (χ3n) is 1.79. The second-order valence-corrected chi connectivity index (χ2v) is 3.53. The summed E-state index contributed by atoms with van der Waals surface area (Å²) in [7, 11) is 0. The van der Waals surface area contributed by atoms with Crippen LogP contribution in [0.2, 0.25) is 10.0 Å². The highest BCUT2D eigenvalue weighted by Crippen LogP contribution is 2.31. The molecule has 72 valence electrons. The van der Waals surface area contributed by atoms with E-state index < -0.39 is 0 Å². The van der Waals surface area contributed by atoms with E-state index >= 15 is 0 Å². The van der Waals surface area contributed by atoms with Crippen LogP contribution in [0.15, 0.2) is 24.4 Å². The number of hydrogen-bond donors (Lipinski definition) is 1. The van der Waals surface area contributed by atoms with Crippen LogP contribution in [0.4, 0.5) is 4.39 Å². The zero-order valence-corrected chi connectivity index (χ0v) is 8.40. The summed E-state index contributed by atoms with van der Waals surface area (Å²) in [4.78, 5) is 0. The first-order chi connectivity index (χ1) is 6.68. The van der Waals surface area contributed by atoms with Gasteiger partial charge in [-0.15, -0.1) is 0 Å². The molecule has 0 spiro atoms. The number of halogens is 3. The van der Waals surface area contributed by atoms with E-state index in [2.05, 4.69) is 10.2 Å². The van der Waals surface area contributed by atoms with Gasteiger partial charge in [-0.1, -0.05) is 23.2 Å². The molecule has 0 fully saturated rings. The van der Waals surface area contributed by atoms with Crippen molar-refractivity contribution >= 4 is 23.2 Å². The highest BCUT2D eigenvalue weighted by atomic mass is 35.5. The molecule has 0 aliphatic carbocycles. The summed E-state index contributed by atoms with van der Waals surface area (Å²) in [5.41, 5.74) is 1.23. The van der Waals surface area contributed by atoms with Gasteiger partial charge in [0.15, 0.2) is 0 Å². The van der Waals surface area contributed by atoms with Gasteiger partial charge >= 0.3 is 0 Å². The van der Waals surface area contributed by atoms with Crippen molar-refractivity contribution in [3.05, 3.63) is 40.3 Å². The van der Waals surface area contributed by atoms with Crippen molar-refractivity contribution in [3.63, 3.8) is 0 Å². The number of aromatic amines is 1. The van der Waals surface area contributed by atoms with Crippen LogP contribution in [0.25, 0.3) is 11.3 Å². The predicted molar refractivity (Wildman–Crippen MR) is 54.0 cm³/mol. The Morgan fingerprint density at radius 3 is 2.57 bits per heavy atom. The van der Waals surface area contributed by atoms with Crippen LogP contribution < -0.4 is 0 Å². The van der Waals surface area contributed by atoms with Crippen LogP contribution in [-0.2, 0) is 0 Å². The van der Waals surface area contributed by atoms with E-state index in [1.165, 1.54) is 18.3 Å². The van der Waals surface area contributed by atoms with Gasteiger partial charge in [-0.05, 0) is 18.2 Å². The van der Waals surface area contributed by atoms with Gasteiger partial charge in [0, 0.05) is 5.56 Å². The normalized spacial score (nSPS) is 10.5. The zero-order valence-electron chi connectivity index (χ0n) is 6.89. The summed E-state index contributed by atoms with van der Waals surface area (Å²) in [6, 6.07) is 4.10. The molecule has 5 heteroatoms. The lowest BCUT2D eigenvalue weighted by atomic mass is 10.1. The molecule has 2 nitrogen and oxygen atoms in total. The van der Waals surface area contributed by atoms with Crippen molar-refractivity contribution in [1.29, 1.82) is 0 Å². The molecule has 0 saturated carbocycles. The average molecular weight is 231 g/mol. The zero-order chi connectivity index (χ0) is 10.1. The first-order valence-corrected chi connectivity index (χ1v) is 4.58. The molecule has 1 heterocycles. The van der Waals surface area contributed by atoms with Crippen LogP contribution in [0.5, 0.6) is 0 Å². The minimum atomic E-state index is -0.380.